The molecule has 5 heteroatoms. The van der Waals surface area contributed by atoms with Crippen molar-refractivity contribution in [2.24, 2.45) is 0 Å². The Morgan fingerprint density at radius 3 is 2.86 bits per heavy atom. The first-order valence-electron chi connectivity index (χ1n) is 9.65. The monoisotopic (exact) mass is 376 g/mol. The number of nitrogens with one attached hydrogen (secondary N) is 1. The minimum Gasteiger partial charge on any atom is -0.308 e. The molecule has 1 aromatic carbocycles. The Hall–Kier alpha value is -2.63. The molecule has 1 aliphatic rings. The molecule has 0 saturated heterocycles. The van der Waals surface area contributed by atoms with Crippen LogP contribution in [-0.4, -0.2) is 34.5 Å². The Morgan fingerprint density at radius 2 is 2.04 bits per heavy atom. The summed E-state index contributed by atoms with van der Waals surface area (Å²) >= 11 is 0. The minimum atomic E-state index is -0.439. The number of aryl methyl sites for hydroxylation is 1. The zero-order valence-corrected chi connectivity index (χ0v) is 16.3. The van der Waals surface area contributed by atoms with E-state index in [4.69, 9.17) is 0 Å². The standard InChI is InChI=1S/C23H25FN4/c1-16-5-4-9-25-22(16)15-28(2)14-19-12-21-18(13-27-19)6-3-7-20(21)17-8-10-26-23(24)11-17/h3-11,19,27H,12-15H2,1-2H3/t19-/m1/s1. The van der Waals surface area contributed by atoms with Crippen molar-refractivity contribution in [2.75, 3.05) is 13.6 Å². The van der Waals surface area contributed by atoms with Crippen LogP contribution in [0.3, 0.4) is 0 Å². The fourth-order valence-electron chi connectivity index (χ4n) is 3.96. The number of hydrogen-bond acceptors (Lipinski definition) is 4. The van der Waals surface area contributed by atoms with E-state index in [9.17, 15) is 4.39 Å². The number of rotatable bonds is 5. The van der Waals surface area contributed by atoms with E-state index in [0.717, 1.165) is 42.9 Å². The van der Waals surface area contributed by atoms with Crippen molar-refractivity contribution in [2.45, 2.75) is 32.5 Å². The van der Waals surface area contributed by atoms with Crippen LogP contribution < -0.4 is 5.32 Å². The largest absolute Gasteiger partial charge is 0.308 e. The normalized spacial score (nSPS) is 16.2. The van der Waals surface area contributed by atoms with Gasteiger partial charge in [-0.15, -0.1) is 0 Å². The number of halogens is 1. The molecule has 3 heterocycles. The van der Waals surface area contributed by atoms with Crippen molar-refractivity contribution in [1.29, 1.82) is 0 Å². The number of likely N-dealkylation sites (N-methyl/N-ethyl adjacent to an activating group) is 1. The van der Waals surface area contributed by atoms with Gasteiger partial charge >= 0.3 is 0 Å². The van der Waals surface area contributed by atoms with E-state index in [1.165, 1.54) is 29.0 Å². The van der Waals surface area contributed by atoms with E-state index in [2.05, 4.69) is 52.4 Å². The molecule has 1 aliphatic heterocycles. The van der Waals surface area contributed by atoms with Gasteiger partial charge in [0.25, 0.3) is 0 Å². The Labute approximate surface area is 165 Å². The molecule has 0 aliphatic carbocycles. The van der Waals surface area contributed by atoms with Crippen LogP contribution in [0.5, 0.6) is 0 Å². The van der Waals surface area contributed by atoms with Crippen LogP contribution in [-0.2, 0) is 19.5 Å². The zero-order chi connectivity index (χ0) is 19.5. The summed E-state index contributed by atoms with van der Waals surface area (Å²) in [5, 5.41) is 3.65. The van der Waals surface area contributed by atoms with Gasteiger partial charge < -0.3 is 5.32 Å². The van der Waals surface area contributed by atoms with E-state index < -0.39 is 5.95 Å². The second-order valence-corrected chi connectivity index (χ2v) is 7.56. The number of pyridine rings is 2. The summed E-state index contributed by atoms with van der Waals surface area (Å²) in [6, 6.07) is 14.1. The molecule has 1 atom stereocenters. The highest BCUT2D eigenvalue weighted by Gasteiger charge is 2.22. The van der Waals surface area contributed by atoms with Crippen LogP contribution >= 0.6 is 0 Å². The molecule has 28 heavy (non-hydrogen) atoms. The van der Waals surface area contributed by atoms with E-state index in [0.29, 0.717) is 6.04 Å². The van der Waals surface area contributed by atoms with Gasteiger partial charge in [0.15, 0.2) is 0 Å². The topological polar surface area (TPSA) is 41.1 Å². The number of hydrogen-bond donors (Lipinski definition) is 1. The van der Waals surface area contributed by atoms with E-state index in [1.807, 2.05) is 24.4 Å². The van der Waals surface area contributed by atoms with Crippen molar-refractivity contribution < 1.29 is 4.39 Å². The fourth-order valence-corrected chi connectivity index (χ4v) is 3.96. The smallest absolute Gasteiger partial charge is 0.213 e. The van der Waals surface area contributed by atoms with Crippen LogP contribution in [0, 0.1) is 12.9 Å². The Balaban J connectivity index is 1.51. The van der Waals surface area contributed by atoms with Gasteiger partial charge in [-0.2, -0.15) is 4.39 Å². The van der Waals surface area contributed by atoms with Crippen LogP contribution in [0.25, 0.3) is 11.1 Å². The van der Waals surface area contributed by atoms with Crippen LogP contribution in [0.4, 0.5) is 4.39 Å². The molecule has 0 spiro atoms. The van der Waals surface area contributed by atoms with Gasteiger partial charge in [0, 0.05) is 44.1 Å². The molecule has 0 saturated carbocycles. The molecule has 0 fully saturated rings. The van der Waals surface area contributed by atoms with E-state index >= 15 is 0 Å². The lowest BCUT2D eigenvalue weighted by molar-refractivity contribution is 0.271. The highest BCUT2D eigenvalue weighted by Crippen LogP contribution is 2.30. The van der Waals surface area contributed by atoms with Crippen molar-refractivity contribution in [3.05, 3.63) is 83.2 Å². The van der Waals surface area contributed by atoms with Crippen molar-refractivity contribution in [3.63, 3.8) is 0 Å². The first kappa shape index (κ1) is 18.7. The predicted molar refractivity (Wildman–Crippen MR) is 109 cm³/mol. The number of nitrogens with zero attached hydrogens (tertiary/aromatic N) is 3. The lowest BCUT2D eigenvalue weighted by atomic mass is 9.88. The third-order valence-electron chi connectivity index (χ3n) is 5.41. The van der Waals surface area contributed by atoms with Gasteiger partial charge in [0.1, 0.15) is 0 Å². The highest BCUT2D eigenvalue weighted by molar-refractivity contribution is 5.69. The quantitative estimate of drug-likeness (QED) is 0.689. The third kappa shape index (κ3) is 4.11. The molecule has 2 aromatic heterocycles. The molecule has 1 N–H and O–H groups in total. The number of fused-ring (bicyclic) bond motifs is 1. The number of benzene rings is 1. The number of aromatic nitrogens is 2. The molecule has 0 radical (unpaired) electrons. The average Bonchev–Trinajstić information content (AvgIpc) is 2.69. The van der Waals surface area contributed by atoms with Crippen molar-refractivity contribution in [3.8, 4) is 11.1 Å². The lowest BCUT2D eigenvalue weighted by Crippen LogP contribution is -2.43. The molecule has 0 amide bonds. The third-order valence-corrected chi connectivity index (χ3v) is 5.41. The highest BCUT2D eigenvalue weighted by atomic mass is 19.1. The molecule has 4 nitrogen and oxygen atoms in total. The second-order valence-electron chi connectivity index (χ2n) is 7.56. The lowest BCUT2D eigenvalue weighted by Gasteiger charge is -2.31. The summed E-state index contributed by atoms with van der Waals surface area (Å²) in [4.78, 5) is 10.5. The van der Waals surface area contributed by atoms with E-state index in [1.54, 1.807) is 0 Å². The van der Waals surface area contributed by atoms with Crippen molar-refractivity contribution >= 4 is 0 Å². The van der Waals surface area contributed by atoms with Gasteiger partial charge in [-0.25, -0.2) is 4.98 Å². The molecule has 0 unspecified atom stereocenters. The Morgan fingerprint density at radius 1 is 1.14 bits per heavy atom. The summed E-state index contributed by atoms with van der Waals surface area (Å²) in [5.74, 6) is -0.439. The summed E-state index contributed by atoms with van der Waals surface area (Å²) in [5.41, 5.74) is 6.93. The van der Waals surface area contributed by atoms with Crippen LogP contribution in [0.15, 0.2) is 54.9 Å². The SMILES string of the molecule is Cc1cccnc1CN(C)C[C@H]1Cc2c(cccc2-c2ccnc(F)c2)CN1. The molecular weight excluding hydrogens is 351 g/mol. The fraction of sp³-hybridized carbons (Fsp3) is 0.304. The molecule has 4 rings (SSSR count). The molecule has 3 aromatic rings. The van der Waals surface area contributed by atoms with Gasteiger partial charge in [0.2, 0.25) is 5.95 Å². The van der Waals surface area contributed by atoms with Crippen molar-refractivity contribution in [1.82, 2.24) is 20.2 Å². The van der Waals surface area contributed by atoms with E-state index in [-0.39, 0.29) is 0 Å². The second kappa shape index (κ2) is 8.17. The first-order valence-corrected chi connectivity index (χ1v) is 9.65. The summed E-state index contributed by atoms with van der Waals surface area (Å²) in [6.07, 6.45) is 4.30. The maximum Gasteiger partial charge on any atom is 0.213 e. The zero-order valence-electron chi connectivity index (χ0n) is 16.3. The maximum absolute atomic E-state index is 13.6. The van der Waals surface area contributed by atoms with Gasteiger partial charge in [-0.3, -0.25) is 9.88 Å². The Kier molecular flexibility index (Phi) is 5.46. The van der Waals surface area contributed by atoms with Gasteiger partial charge in [-0.05, 0) is 60.3 Å². The van der Waals surface area contributed by atoms with Crippen LogP contribution in [0.2, 0.25) is 0 Å². The van der Waals surface area contributed by atoms with Gasteiger partial charge in [0.05, 0.1) is 5.69 Å². The molecular formula is C23H25FN4. The first-order chi connectivity index (χ1) is 13.6. The predicted octanol–water partition coefficient (Wildman–Crippen LogP) is 3.74. The molecule has 144 valence electrons. The average molecular weight is 376 g/mol. The maximum atomic E-state index is 13.6. The van der Waals surface area contributed by atoms with Gasteiger partial charge in [-0.1, -0.05) is 24.3 Å². The minimum absolute atomic E-state index is 0.342. The molecule has 0 bridgehead atoms. The van der Waals surface area contributed by atoms with Crippen LogP contribution in [0.1, 0.15) is 22.4 Å². The summed E-state index contributed by atoms with van der Waals surface area (Å²) in [7, 11) is 2.13. The summed E-state index contributed by atoms with van der Waals surface area (Å²) < 4.78 is 13.6. The Bertz CT molecular complexity index is 972. The summed E-state index contributed by atoms with van der Waals surface area (Å²) in [6.45, 7) is 4.69.